The Hall–Kier alpha value is -0.660. The average molecular weight is 185 g/mol. The van der Waals surface area contributed by atoms with Gasteiger partial charge in [0.1, 0.15) is 0 Å². The number of hydrogen-bond acceptors (Lipinski definition) is 3. The van der Waals surface area contributed by atoms with Gasteiger partial charge in [-0.1, -0.05) is 20.8 Å². The third-order valence-corrected chi connectivity index (χ3v) is 1.13. The molecule has 0 amide bonds. The fraction of sp³-hybridized carbons (Fsp3) is 0.900. The van der Waals surface area contributed by atoms with Gasteiger partial charge in [0.2, 0.25) is 0 Å². The van der Waals surface area contributed by atoms with E-state index in [2.05, 4.69) is 42.1 Å². The summed E-state index contributed by atoms with van der Waals surface area (Å²) in [5.74, 6) is 0. The maximum absolute atomic E-state index is 3.86. The predicted octanol–water partition coefficient (Wildman–Crippen LogP) is 2.21. The first kappa shape index (κ1) is 14.8. The molecule has 13 heavy (non-hydrogen) atoms. The first-order valence-corrected chi connectivity index (χ1v) is 5.12. The van der Waals surface area contributed by atoms with E-state index in [-0.39, 0.29) is 0 Å². The Morgan fingerprint density at radius 3 is 1.92 bits per heavy atom. The van der Waals surface area contributed by atoms with Crippen LogP contribution in [0.25, 0.3) is 0 Å². The Morgan fingerprint density at radius 1 is 1.00 bits per heavy atom. The van der Waals surface area contributed by atoms with Crippen LogP contribution in [0.4, 0.5) is 0 Å². The van der Waals surface area contributed by atoms with Gasteiger partial charge >= 0.3 is 0 Å². The van der Waals surface area contributed by atoms with Gasteiger partial charge in [0.25, 0.3) is 0 Å². The normalized spacial score (nSPS) is 8.00. The largest absolute Gasteiger partial charge is 0.317 e. The predicted molar refractivity (Wildman–Crippen MR) is 59.8 cm³/mol. The molecular weight excluding hydrogens is 162 g/mol. The lowest BCUT2D eigenvalue weighted by Gasteiger charge is -1.86. The van der Waals surface area contributed by atoms with Crippen LogP contribution in [0.1, 0.15) is 34.1 Å². The van der Waals surface area contributed by atoms with Crippen molar-refractivity contribution in [3.8, 4) is 0 Å². The Bertz CT molecular complexity index is 124. The SMILES string of the molecule is CCCN=C=NCC.CCNCC. The Morgan fingerprint density at radius 2 is 1.62 bits per heavy atom. The third kappa shape index (κ3) is 24.6. The first-order chi connectivity index (χ1) is 6.33. The van der Waals surface area contributed by atoms with Crippen molar-refractivity contribution in [1.82, 2.24) is 5.32 Å². The molecule has 0 aromatic rings. The van der Waals surface area contributed by atoms with Crippen molar-refractivity contribution in [1.29, 1.82) is 0 Å². The quantitative estimate of drug-likeness (QED) is 0.655. The lowest BCUT2D eigenvalue weighted by atomic mass is 10.5. The molecule has 0 fully saturated rings. The minimum atomic E-state index is 0.785. The molecule has 0 bridgehead atoms. The van der Waals surface area contributed by atoms with Crippen molar-refractivity contribution in [2.24, 2.45) is 9.98 Å². The van der Waals surface area contributed by atoms with Crippen molar-refractivity contribution >= 4 is 6.01 Å². The molecule has 0 aromatic heterocycles. The van der Waals surface area contributed by atoms with Crippen molar-refractivity contribution in [3.63, 3.8) is 0 Å². The fourth-order valence-corrected chi connectivity index (χ4v) is 0.533. The second-order valence-corrected chi connectivity index (χ2v) is 2.41. The van der Waals surface area contributed by atoms with Crippen molar-refractivity contribution in [3.05, 3.63) is 0 Å². The summed E-state index contributed by atoms with van der Waals surface area (Å²) in [6.45, 7) is 12.1. The maximum Gasteiger partial charge on any atom is 0.0892 e. The smallest absolute Gasteiger partial charge is 0.0892 e. The summed E-state index contributed by atoms with van der Waals surface area (Å²) >= 11 is 0. The Labute approximate surface area is 82.4 Å². The minimum absolute atomic E-state index is 0.785. The van der Waals surface area contributed by atoms with Crippen LogP contribution in [0, 0.1) is 0 Å². The van der Waals surface area contributed by atoms with Crippen LogP contribution in [-0.2, 0) is 0 Å². The third-order valence-electron chi connectivity index (χ3n) is 1.13. The summed E-state index contributed by atoms with van der Waals surface area (Å²) in [4.78, 5) is 7.66. The van der Waals surface area contributed by atoms with Crippen LogP contribution in [0.2, 0.25) is 0 Å². The van der Waals surface area contributed by atoms with Crippen LogP contribution >= 0.6 is 0 Å². The molecule has 1 N–H and O–H groups in total. The number of nitrogens with one attached hydrogen (secondary N) is 1. The van der Waals surface area contributed by atoms with E-state index in [0.29, 0.717) is 0 Å². The highest BCUT2D eigenvalue weighted by Crippen LogP contribution is 1.72. The highest BCUT2D eigenvalue weighted by Gasteiger charge is 1.67. The molecule has 0 unspecified atom stereocenters. The molecule has 0 heterocycles. The van der Waals surface area contributed by atoms with Crippen molar-refractivity contribution < 1.29 is 0 Å². The van der Waals surface area contributed by atoms with E-state index in [9.17, 15) is 0 Å². The highest BCUT2D eigenvalue weighted by atomic mass is 14.8. The van der Waals surface area contributed by atoms with E-state index in [0.717, 1.165) is 32.6 Å². The molecule has 78 valence electrons. The maximum atomic E-state index is 3.86. The molecule has 3 nitrogen and oxygen atoms in total. The number of aliphatic imine (C=N–C) groups is 2. The zero-order valence-corrected chi connectivity index (χ0v) is 9.43. The molecule has 0 saturated carbocycles. The summed E-state index contributed by atoms with van der Waals surface area (Å²) in [6.07, 6.45) is 1.08. The minimum Gasteiger partial charge on any atom is -0.317 e. The summed E-state index contributed by atoms with van der Waals surface area (Å²) < 4.78 is 0. The fourth-order valence-electron chi connectivity index (χ4n) is 0.533. The zero-order chi connectivity index (χ0) is 10.4. The van der Waals surface area contributed by atoms with Gasteiger partial charge in [-0.05, 0) is 26.4 Å². The van der Waals surface area contributed by atoms with Crippen molar-refractivity contribution in [2.75, 3.05) is 26.2 Å². The summed E-state index contributed by atoms with van der Waals surface area (Å²) in [5.41, 5.74) is 0. The Kier molecular flexibility index (Phi) is 19.9. The monoisotopic (exact) mass is 185 g/mol. The van der Waals surface area contributed by atoms with E-state index in [1.54, 1.807) is 0 Å². The van der Waals surface area contributed by atoms with Gasteiger partial charge in [0.15, 0.2) is 0 Å². The molecule has 0 spiro atoms. The molecule has 0 rings (SSSR count). The zero-order valence-electron chi connectivity index (χ0n) is 9.43. The summed E-state index contributed by atoms with van der Waals surface area (Å²) in [5, 5.41) is 3.11. The molecule has 0 aromatic carbocycles. The van der Waals surface area contributed by atoms with Crippen molar-refractivity contribution in [2.45, 2.75) is 34.1 Å². The molecule has 0 aliphatic heterocycles. The second kappa shape index (κ2) is 17.4. The number of hydrogen-bond donors (Lipinski definition) is 1. The first-order valence-electron chi connectivity index (χ1n) is 5.12. The molecule has 0 atom stereocenters. The molecule has 0 radical (unpaired) electrons. The average Bonchev–Trinajstić information content (AvgIpc) is 2.15. The Balaban J connectivity index is 0. The summed E-state index contributed by atoms with van der Waals surface area (Å²) in [7, 11) is 0. The second-order valence-electron chi connectivity index (χ2n) is 2.41. The van der Waals surface area contributed by atoms with E-state index in [1.165, 1.54) is 0 Å². The van der Waals surface area contributed by atoms with E-state index < -0.39 is 0 Å². The van der Waals surface area contributed by atoms with Gasteiger partial charge in [-0.2, -0.15) is 0 Å². The summed E-state index contributed by atoms with van der Waals surface area (Å²) in [6, 6.07) is 2.59. The van der Waals surface area contributed by atoms with E-state index in [1.807, 2.05) is 6.92 Å². The van der Waals surface area contributed by atoms with Crippen LogP contribution in [0.15, 0.2) is 9.98 Å². The number of nitrogens with zero attached hydrogens (tertiary/aromatic N) is 2. The topological polar surface area (TPSA) is 36.8 Å². The van der Waals surface area contributed by atoms with Gasteiger partial charge in [-0.25, -0.2) is 9.98 Å². The van der Waals surface area contributed by atoms with Gasteiger partial charge < -0.3 is 5.32 Å². The lowest BCUT2D eigenvalue weighted by Crippen LogP contribution is -2.09. The van der Waals surface area contributed by atoms with E-state index in [4.69, 9.17) is 0 Å². The van der Waals surface area contributed by atoms with Gasteiger partial charge in [0.05, 0.1) is 6.01 Å². The lowest BCUT2D eigenvalue weighted by molar-refractivity contribution is 0.762. The standard InChI is InChI=1S/C6H12N2.C4H11N/c1-3-5-8-6-7-4-2;1-3-5-4-2/h3-5H2,1-2H3;5H,3-4H2,1-2H3. The molecule has 0 saturated heterocycles. The van der Waals surface area contributed by atoms with E-state index >= 15 is 0 Å². The van der Waals surface area contributed by atoms with Crippen LogP contribution in [0.3, 0.4) is 0 Å². The van der Waals surface area contributed by atoms with Gasteiger partial charge in [-0.15, -0.1) is 0 Å². The van der Waals surface area contributed by atoms with Crippen LogP contribution in [-0.4, -0.2) is 32.2 Å². The van der Waals surface area contributed by atoms with Crippen LogP contribution in [0.5, 0.6) is 0 Å². The van der Waals surface area contributed by atoms with Crippen LogP contribution < -0.4 is 5.32 Å². The highest BCUT2D eigenvalue weighted by molar-refractivity contribution is 5.40. The van der Waals surface area contributed by atoms with Gasteiger partial charge in [0, 0.05) is 13.1 Å². The molecule has 3 heteroatoms. The molecule has 0 aliphatic rings. The molecule has 0 aliphatic carbocycles. The number of rotatable bonds is 5. The molecular formula is C10H23N3. The van der Waals surface area contributed by atoms with Gasteiger partial charge in [-0.3, -0.25) is 0 Å².